The van der Waals surface area contributed by atoms with Crippen LogP contribution in [0.25, 0.3) is 10.8 Å². The Balaban J connectivity index is 1.69. The second-order valence-corrected chi connectivity index (χ2v) is 5.81. The Kier molecular flexibility index (Phi) is 4.59. The molecule has 0 spiro atoms. The molecule has 1 fully saturated rings. The third kappa shape index (κ3) is 3.39. The van der Waals surface area contributed by atoms with Gasteiger partial charge in [-0.3, -0.25) is 4.79 Å². The topological polar surface area (TPSA) is 58.6 Å². The Labute approximate surface area is 130 Å². The Hall–Kier alpha value is -2.07. The third-order valence-corrected chi connectivity index (χ3v) is 4.25. The van der Waals surface area contributed by atoms with Gasteiger partial charge in [-0.1, -0.05) is 36.4 Å². The van der Waals surface area contributed by atoms with Crippen molar-refractivity contribution in [1.29, 1.82) is 0 Å². The van der Waals surface area contributed by atoms with Crippen molar-refractivity contribution in [2.24, 2.45) is 5.92 Å². The number of benzene rings is 2. The summed E-state index contributed by atoms with van der Waals surface area (Å²) in [6.45, 7) is 1.18. The van der Waals surface area contributed by atoms with Crippen LogP contribution in [0.4, 0.5) is 5.69 Å². The average Bonchev–Trinajstić information content (AvgIpc) is 3.04. The number of rotatable bonds is 6. The van der Waals surface area contributed by atoms with Crippen LogP contribution < -0.4 is 5.32 Å². The number of nitrogens with one attached hydrogen (secondary N) is 1. The normalized spacial score (nSPS) is 19.2. The molecule has 2 aromatic carbocycles. The van der Waals surface area contributed by atoms with Crippen LogP contribution in [0.2, 0.25) is 0 Å². The molecular weight excluding hydrogens is 278 g/mol. The monoisotopic (exact) mass is 299 g/mol. The number of carboxylic acid groups (broad SMARTS) is 1. The summed E-state index contributed by atoms with van der Waals surface area (Å²) < 4.78 is 5.56. The molecule has 2 aromatic rings. The summed E-state index contributed by atoms with van der Waals surface area (Å²) in [5, 5.41) is 15.0. The highest BCUT2D eigenvalue weighted by molar-refractivity contribution is 5.93. The van der Waals surface area contributed by atoms with Gasteiger partial charge in [0.25, 0.3) is 0 Å². The SMILES string of the molecule is O=C(O)C(CNc1cccc2ccccc12)CC1CCCO1. The molecule has 1 aliphatic rings. The Morgan fingerprint density at radius 3 is 2.86 bits per heavy atom. The van der Waals surface area contributed by atoms with Gasteiger partial charge in [-0.2, -0.15) is 0 Å². The molecule has 0 radical (unpaired) electrons. The standard InChI is InChI=1S/C18H21NO3/c20-18(21)14(11-15-7-4-10-22-15)12-19-17-9-3-6-13-5-1-2-8-16(13)17/h1-3,5-6,8-9,14-15,19H,4,7,10-12H2,(H,20,21). The Bertz CT molecular complexity index is 644. The van der Waals surface area contributed by atoms with Gasteiger partial charge in [0.1, 0.15) is 0 Å². The van der Waals surface area contributed by atoms with E-state index in [0.717, 1.165) is 35.9 Å². The van der Waals surface area contributed by atoms with Gasteiger partial charge < -0.3 is 15.2 Å². The van der Waals surface area contributed by atoms with Gasteiger partial charge in [0.05, 0.1) is 12.0 Å². The lowest BCUT2D eigenvalue weighted by Crippen LogP contribution is -2.27. The van der Waals surface area contributed by atoms with Gasteiger partial charge in [-0.05, 0) is 30.7 Å². The summed E-state index contributed by atoms with van der Waals surface area (Å²) in [4.78, 5) is 11.5. The maximum absolute atomic E-state index is 11.5. The first kappa shape index (κ1) is 14.9. The van der Waals surface area contributed by atoms with Crippen molar-refractivity contribution in [3.05, 3.63) is 42.5 Å². The van der Waals surface area contributed by atoms with E-state index in [4.69, 9.17) is 4.74 Å². The van der Waals surface area contributed by atoms with Crippen LogP contribution in [0.3, 0.4) is 0 Å². The minimum Gasteiger partial charge on any atom is -0.481 e. The van der Waals surface area contributed by atoms with E-state index >= 15 is 0 Å². The highest BCUT2D eigenvalue weighted by Gasteiger charge is 2.25. The van der Waals surface area contributed by atoms with Crippen LogP contribution in [0.5, 0.6) is 0 Å². The number of carbonyl (C=O) groups is 1. The number of fused-ring (bicyclic) bond motifs is 1. The van der Waals surface area contributed by atoms with E-state index in [2.05, 4.69) is 17.4 Å². The molecule has 0 aromatic heterocycles. The van der Waals surface area contributed by atoms with E-state index in [0.29, 0.717) is 13.0 Å². The first-order chi connectivity index (χ1) is 10.7. The Morgan fingerprint density at radius 2 is 2.09 bits per heavy atom. The first-order valence-electron chi connectivity index (χ1n) is 7.80. The number of hydrogen-bond donors (Lipinski definition) is 2. The zero-order valence-electron chi connectivity index (χ0n) is 12.5. The number of carboxylic acids is 1. The van der Waals surface area contributed by atoms with Crippen LogP contribution in [-0.4, -0.2) is 30.3 Å². The molecule has 0 aliphatic carbocycles. The molecule has 2 atom stereocenters. The van der Waals surface area contributed by atoms with Crippen LogP contribution in [0.15, 0.2) is 42.5 Å². The predicted molar refractivity (Wildman–Crippen MR) is 87.2 cm³/mol. The van der Waals surface area contributed by atoms with Crippen LogP contribution in [0, 0.1) is 5.92 Å². The van der Waals surface area contributed by atoms with Crippen molar-refractivity contribution in [2.75, 3.05) is 18.5 Å². The summed E-state index contributed by atoms with van der Waals surface area (Å²) in [6.07, 6.45) is 2.68. The maximum atomic E-state index is 11.5. The lowest BCUT2D eigenvalue weighted by Gasteiger charge is -2.18. The van der Waals surface area contributed by atoms with Crippen LogP contribution >= 0.6 is 0 Å². The highest BCUT2D eigenvalue weighted by atomic mass is 16.5. The molecule has 116 valence electrons. The van der Waals surface area contributed by atoms with Gasteiger partial charge in [0.2, 0.25) is 0 Å². The van der Waals surface area contributed by atoms with Crippen LogP contribution in [-0.2, 0) is 9.53 Å². The summed E-state index contributed by atoms with van der Waals surface area (Å²) in [7, 11) is 0. The van der Waals surface area contributed by atoms with Crippen molar-refractivity contribution < 1.29 is 14.6 Å². The maximum Gasteiger partial charge on any atom is 0.308 e. The van der Waals surface area contributed by atoms with Crippen molar-refractivity contribution >= 4 is 22.4 Å². The summed E-state index contributed by atoms with van der Waals surface area (Å²) in [5.41, 5.74) is 0.983. The fraction of sp³-hybridized carbons (Fsp3) is 0.389. The molecule has 4 nitrogen and oxygen atoms in total. The summed E-state index contributed by atoms with van der Waals surface area (Å²) in [5.74, 6) is -1.19. The van der Waals surface area contributed by atoms with E-state index in [-0.39, 0.29) is 6.10 Å². The summed E-state index contributed by atoms with van der Waals surface area (Å²) in [6, 6.07) is 14.1. The molecule has 0 saturated carbocycles. The number of hydrogen-bond acceptors (Lipinski definition) is 3. The molecule has 1 heterocycles. The number of ether oxygens (including phenoxy) is 1. The number of anilines is 1. The Morgan fingerprint density at radius 1 is 1.27 bits per heavy atom. The molecule has 4 heteroatoms. The first-order valence-corrected chi connectivity index (χ1v) is 7.80. The number of aliphatic carboxylic acids is 1. The van der Waals surface area contributed by atoms with E-state index in [1.807, 2.05) is 30.3 Å². The summed E-state index contributed by atoms with van der Waals surface area (Å²) >= 11 is 0. The zero-order chi connectivity index (χ0) is 15.4. The molecular formula is C18H21NO3. The lowest BCUT2D eigenvalue weighted by atomic mass is 9.99. The van der Waals surface area contributed by atoms with Gasteiger partial charge in [0, 0.05) is 24.2 Å². The minimum absolute atomic E-state index is 0.0930. The van der Waals surface area contributed by atoms with Crippen molar-refractivity contribution in [2.45, 2.75) is 25.4 Å². The quantitative estimate of drug-likeness (QED) is 0.857. The molecule has 1 aliphatic heterocycles. The fourth-order valence-corrected chi connectivity index (χ4v) is 3.03. The largest absolute Gasteiger partial charge is 0.481 e. The smallest absolute Gasteiger partial charge is 0.308 e. The van der Waals surface area contributed by atoms with E-state index in [1.54, 1.807) is 0 Å². The van der Waals surface area contributed by atoms with Crippen molar-refractivity contribution in [3.63, 3.8) is 0 Å². The molecule has 3 rings (SSSR count). The average molecular weight is 299 g/mol. The second-order valence-electron chi connectivity index (χ2n) is 5.81. The second kappa shape index (κ2) is 6.79. The molecule has 22 heavy (non-hydrogen) atoms. The highest BCUT2D eigenvalue weighted by Crippen LogP contribution is 2.25. The van der Waals surface area contributed by atoms with Gasteiger partial charge in [0.15, 0.2) is 0 Å². The van der Waals surface area contributed by atoms with E-state index in [9.17, 15) is 9.90 Å². The van der Waals surface area contributed by atoms with Crippen molar-refractivity contribution in [1.82, 2.24) is 0 Å². The van der Waals surface area contributed by atoms with E-state index < -0.39 is 11.9 Å². The van der Waals surface area contributed by atoms with Crippen LogP contribution in [0.1, 0.15) is 19.3 Å². The molecule has 0 bridgehead atoms. The molecule has 1 saturated heterocycles. The van der Waals surface area contributed by atoms with Crippen molar-refractivity contribution in [3.8, 4) is 0 Å². The lowest BCUT2D eigenvalue weighted by molar-refractivity contribution is -0.142. The molecule has 2 unspecified atom stereocenters. The molecule has 0 amide bonds. The van der Waals surface area contributed by atoms with Gasteiger partial charge in [-0.25, -0.2) is 0 Å². The minimum atomic E-state index is -0.761. The molecule has 2 N–H and O–H groups in total. The predicted octanol–water partition coefficient (Wildman–Crippen LogP) is 3.52. The van der Waals surface area contributed by atoms with Gasteiger partial charge in [-0.15, -0.1) is 0 Å². The third-order valence-electron chi connectivity index (χ3n) is 4.25. The van der Waals surface area contributed by atoms with Gasteiger partial charge >= 0.3 is 5.97 Å². The fourth-order valence-electron chi connectivity index (χ4n) is 3.03. The zero-order valence-corrected chi connectivity index (χ0v) is 12.5. The van der Waals surface area contributed by atoms with E-state index in [1.165, 1.54) is 0 Å².